The molecule has 16 aromatic carbocycles. The van der Waals surface area contributed by atoms with Crippen molar-refractivity contribution in [1.82, 2.24) is 0 Å². The highest BCUT2D eigenvalue weighted by Gasteiger charge is 2.29. The Labute approximate surface area is 656 Å². The molecule has 2 saturated carbocycles. The van der Waals surface area contributed by atoms with Gasteiger partial charge in [-0.3, -0.25) is 0 Å². The van der Waals surface area contributed by atoms with Crippen LogP contribution < -0.4 is 19.6 Å². The van der Waals surface area contributed by atoms with Crippen molar-refractivity contribution in [2.45, 2.75) is 116 Å². The predicted octanol–water partition coefficient (Wildman–Crippen LogP) is 32.0. The van der Waals surface area contributed by atoms with Crippen LogP contribution in [0.15, 0.2) is 336 Å². The summed E-state index contributed by atoms with van der Waals surface area (Å²) in [6.45, 7) is 9.05. The molecule has 0 spiro atoms. The van der Waals surface area contributed by atoms with Gasteiger partial charge in [0.1, 0.15) is 22.3 Å². The topological polar surface area (TPSA) is 39.2 Å². The number of hydrogen-bond acceptors (Lipinski definition) is 6. The molecule has 0 saturated heterocycles. The number of para-hydroxylation sites is 2. The highest BCUT2D eigenvalue weighted by molar-refractivity contribution is 6.32. The fraction of sp³-hybridized carbons (Fsp3) is 0.170. The molecule has 2 heterocycles. The number of hydrogen-bond donors (Lipinski definition) is 0. The third kappa shape index (κ3) is 12.3. The number of benzene rings is 16. The molecule has 20 rings (SSSR count). The lowest BCUT2D eigenvalue weighted by atomic mass is 9.84. The van der Waals surface area contributed by atoms with Crippen LogP contribution in [0.5, 0.6) is 0 Å². The largest absolute Gasteiger partial charge is 0.456 e. The van der Waals surface area contributed by atoms with E-state index >= 15 is 0 Å². The normalized spacial score (nSPS) is 13.8. The Balaban J connectivity index is 0.737. The average Bonchev–Trinajstić information content (AvgIpc) is 1.53. The Morgan fingerprint density at radius 1 is 0.232 bits per heavy atom. The monoisotopic (exact) mass is 1450 g/mol. The van der Waals surface area contributed by atoms with Crippen LogP contribution in [0.3, 0.4) is 0 Å². The minimum atomic E-state index is 0.362. The van der Waals surface area contributed by atoms with Crippen molar-refractivity contribution < 1.29 is 8.83 Å². The standard InChI is InChI=1S/C106H90N4O2/c1-69(2)71-47-55-81(56-48-71)107(79-33-13-7-14-34-79)95-65-99-103(91-43-21-17-39-87(91)95)105-93-45-23-19-41-89(93)97(67-101(105)111-99)109(83-57-49-72(50-58-83)70(3)4)85-37-25-31-77(63-85)78-32-26-38-86(64-78)110(84-61-53-76(54-62-84)74-29-11-6-12-30-74)98-68-102-106(94-46-24-20-42-90(94)98)104-92-44-22-18-40-88(92)96(66-100(104)112-102)108(80-35-15-8-16-36-80)82-59-51-75(52-60-82)73-27-9-5-10-28-73/h7-8,13-26,31-70,73-74H,5-6,9-12,27-30H2,1-4H3. The second-order valence-corrected chi connectivity index (χ2v) is 31.9. The van der Waals surface area contributed by atoms with Gasteiger partial charge < -0.3 is 28.4 Å². The molecule has 2 fully saturated rings. The summed E-state index contributed by atoms with van der Waals surface area (Å²) in [6, 6.07) is 122. The molecule has 0 unspecified atom stereocenters. The Kier molecular flexibility index (Phi) is 17.8. The van der Waals surface area contributed by atoms with E-state index in [1.54, 1.807) is 0 Å². The summed E-state index contributed by atoms with van der Waals surface area (Å²) in [7, 11) is 0. The molecule has 2 aromatic heterocycles. The van der Waals surface area contributed by atoms with E-state index in [-0.39, 0.29) is 0 Å². The van der Waals surface area contributed by atoms with Crippen LogP contribution in [0.25, 0.3) is 98.1 Å². The van der Waals surface area contributed by atoms with Gasteiger partial charge in [0.25, 0.3) is 0 Å². The van der Waals surface area contributed by atoms with Crippen LogP contribution >= 0.6 is 0 Å². The molecule has 0 radical (unpaired) electrons. The van der Waals surface area contributed by atoms with Crippen LogP contribution in [-0.4, -0.2) is 0 Å². The van der Waals surface area contributed by atoms with Crippen molar-refractivity contribution in [2.24, 2.45) is 0 Å². The number of anilines is 12. The number of furan rings is 2. The van der Waals surface area contributed by atoms with E-state index in [1.807, 2.05) is 0 Å². The minimum absolute atomic E-state index is 0.362. The first kappa shape index (κ1) is 68.6. The van der Waals surface area contributed by atoms with E-state index in [2.05, 4.69) is 375 Å². The van der Waals surface area contributed by atoms with Crippen LogP contribution in [0, 0.1) is 0 Å². The quantitative estimate of drug-likeness (QED) is 0.0905. The van der Waals surface area contributed by atoms with Crippen LogP contribution in [0.4, 0.5) is 68.2 Å². The number of rotatable bonds is 17. The highest BCUT2D eigenvalue weighted by atomic mass is 16.3. The van der Waals surface area contributed by atoms with Crippen molar-refractivity contribution >= 4 is 155 Å². The Morgan fingerprint density at radius 3 is 0.777 bits per heavy atom. The van der Waals surface area contributed by atoms with Crippen molar-refractivity contribution in [1.29, 1.82) is 0 Å². The molecule has 2 aliphatic carbocycles. The SMILES string of the molecule is CC(C)c1ccc(N(c2ccccc2)c2cc3oc4cc(N(c5ccc(C(C)C)cc5)c5cccc(-c6cccc(N(c7ccc(C8CCCCC8)cc7)c7cc8oc9cc(N(c%10ccccc%10)c%10ccc(C%11CCCCC%11)cc%10)c%10ccccc%10c9c8c8ccccc78)c6)c5)c5ccccc5c4c3c3ccccc23)cc1. The molecule has 0 aliphatic heterocycles. The van der Waals surface area contributed by atoms with E-state index in [0.717, 1.165) is 166 Å². The van der Waals surface area contributed by atoms with E-state index in [4.69, 9.17) is 8.83 Å². The molecule has 6 nitrogen and oxygen atoms in total. The van der Waals surface area contributed by atoms with E-state index in [0.29, 0.717) is 23.7 Å². The van der Waals surface area contributed by atoms with Gasteiger partial charge in [-0.15, -0.1) is 0 Å². The minimum Gasteiger partial charge on any atom is -0.456 e. The van der Waals surface area contributed by atoms with Crippen molar-refractivity contribution in [3.05, 3.63) is 350 Å². The van der Waals surface area contributed by atoms with Crippen molar-refractivity contribution in [3.8, 4) is 11.1 Å². The third-order valence-corrected chi connectivity index (χ3v) is 24.5. The zero-order chi connectivity index (χ0) is 74.9. The van der Waals surface area contributed by atoms with E-state index in [1.165, 1.54) is 86.5 Å². The summed E-state index contributed by atoms with van der Waals surface area (Å²) < 4.78 is 14.9. The lowest BCUT2D eigenvalue weighted by Gasteiger charge is -2.29. The first-order chi connectivity index (χ1) is 55.2. The van der Waals surface area contributed by atoms with E-state index in [9.17, 15) is 0 Å². The molecular formula is C106H90N4O2. The van der Waals surface area contributed by atoms with Crippen molar-refractivity contribution in [3.63, 3.8) is 0 Å². The summed E-state index contributed by atoms with van der Waals surface area (Å²) in [4.78, 5) is 9.75. The van der Waals surface area contributed by atoms with Gasteiger partial charge in [0.15, 0.2) is 0 Å². The third-order valence-electron chi connectivity index (χ3n) is 24.5. The summed E-state index contributed by atoms with van der Waals surface area (Å²) >= 11 is 0. The molecule has 112 heavy (non-hydrogen) atoms. The van der Waals surface area contributed by atoms with Gasteiger partial charge in [-0.2, -0.15) is 0 Å². The van der Waals surface area contributed by atoms with Crippen LogP contribution in [0.2, 0.25) is 0 Å². The highest BCUT2D eigenvalue weighted by Crippen LogP contribution is 2.54. The molecule has 546 valence electrons. The lowest BCUT2D eigenvalue weighted by Crippen LogP contribution is -2.12. The maximum Gasteiger partial charge on any atom is 0.138 e. The molecule has 6 heteroatoms. The number of nitrogens with zero attached hydrogens (tertiary/aromatic N) is 4. The van der Waals surface area contributed by atoms with Gasteiger partial charge in [0.2, 0.25) is 0 Å². The fourth-order valence-electron chi connectivity index (χ4n) is 18.8. The van der Waals surface area contributed by atoms with Gasteiger partial charge >= 0.3 is 0 Å². The van der Waals surface area contributed by atoms with Gasteiger partial charge in [-0.1, -0.05) is 272 Å². The smallest absolute Gasteiger partial charge is 0.138 e. The summed E-state index contributed by atoms with van der Waals surface area (Å²) in [5, 5.41) is 13.6. The maximum absolute atomic E-state index is 7.48. The van der Waals surface area contributed by atoms with Gasteiger partial charge in [-0.25, -0.2) is 0 Å². The molecular weight excluding hydrogens is 1360 g/mol. The average molecular weight is 1450 g/mol. The molecule has 18 aromatic rings. The second kappa shape index (κ2) is 29.0. The first-order valence-electron chi connectivity index (χ1n) is 40.7. The first-order valence-corrected chi connectivity index (χ1v) is 40.7. The Hall–Kier alpha value is -12.6. The summed E-state index contributed by atoms with van der Waals surface area (Å²) in [5.74, 6) is 1.96. The van der Waals surface area contributed by atoms with E-state index < -0.39 is 0 Å². The zero-order valence-corrected chi connectivity index (χ0v) is 64.2. The maximum atomic E-state index is 7.48. The van der Waals surface area contributed by atoms with Crippen LogP contribution in [-0.2, 0) is 0 Å². The molecule has 2 aliphatic rings. The summed E-state index contributed by atoms with van der Waals surface area (Å²) in [6.07, 6.45) is 12.8. The second-order valence-electron chi connectivity index (χ2n) is 31.9. The molecule has 0 N–H and O–H groups in total. The fourth-order valence-corrected chi connectivity index (χ4v) is 18.8. The van der Waals surface area contributed by atoms with Gasteiger partial charge in [0, 0.05) is 113 Å². The van der Waals surface area contributed by atoms with Gasteiger partial charge in [-0.05, 0) is 201 Å². The lowest BCUT2D eigenvalue weighted by molar-refractivity contribution is 0.443. The molecule has 0 bridgehead atoms. The number of fused-ring (bicyclic) bond motifs is 14. The molecule has 0 atom stereocenters. The summed E-state index contributed by atoms with van der Waals surface area (Å²) in [5.41, 5.74) is 23.8. The predicted molar refractivity (Wildman–Crippen MR) is 475 cm³/mol. The van der Waals surface area contributed by atoms with Crippen molar-refractivity contribution in [2.75, 3.05) is 19.6 Å². The van der Waals surface area contributed by atoms with Crippen LogP contribution in [0.1, 0.15) is 138 Å². The Morgan fingerprint density at radius 2 is 0.482 bits per heavy atom. The van der Waals surface area contributed by atoms with Gasteiger partial charge in [0.05, 0.1) is 22.7 Å². The zero-order valence-electron chi connectivity index (χ0n) is 64.2. The molecule has 0 amide bonds. The Bertz CT molecular complexity index is 6520.